The Hall–Kier alpha value is -0.120. The summed E-state index contributed by atoms with van der Waals surface area (Å²) in [6.07, 6.45) is 10.4. The molecule has 3 heteroatoms. The summed E-state index contributed by atoms with van der Waals surface area (Å²) >= 11 is 0. The van der Waals surface area contributed by atoms with Gasteiger partial charge >= 0.3 is 0 Å². The van der Waals surface area contributed by atoms with Gasteiger partial charge in [-0.1, -0.05) is 19.3 Å². The van der Waals surface area contributed by atoms with Crippen LogP contribution in [0, 0.1) is 5.92 Å². The molecule has 1 aliphatic carbocycles. The van der Waals surface area contributed by atoms with Gasteiger partial charge in [0.05, 0.1) is 11.2 Å². The van der Waals surface area contributed by atoms with E-state index >= 15 is 0 Å². The number of likely N-dealkylation sites (tertiary alicyclic amines) is 1. The number of aliphatic hydroxyl groups is 1. The van der Waals surface area contributed by atoms with Gasteiger partial charge in [0.25, 0.3) is 0 Å². The molecule has 3 rings (SSSR count). The predicted octanol–water partition coefficient (Wildman–Crippen LogP) is 2.96. The molecule has 3 atom stereocenters. The standard InChI is InChI=1S/C17H31NO2/c1-14-12-17(19,9-10-18(14)2)15-6-11-20-16(13-15)7-4-3-5-8-16/h14-15,19H,3-13H2,1-2H3. The lowest BCUT2D eigenvalue weighted by molar-refractivity contribution is -0.170. The molecule has 2 saturated heterocycles. The van der Waals surface area contributed by atoms with Crippen LogP contribution in [-0.2, 0) is 4.74 Å². The van der Waals surface area contributed by atoms with Crippen molar-refractivity contribution in [3.8, 4) is 0 Å². The van der Waals surface area contributed by atoms with Crippen LogP contribution in [0.5, 0.6) is 0 Å². The molecule has 20 heavy (non-hydrogen) atoms. The minimum Gasteiger partial charge on any atom is -0.389 e. The Kier molecular flexibility index (Phi) is 4.13. The largest absolute Gasteiger partial charge is 0.389 e. The van der Waals surface area contributed by atoms with Crippen molar-refractivity contribution in [2.24, 2.45) is 5.92 Å². The number of ether oxygens (including phenoxy) is 1. The maximum atomic E-state index is 11.2. The normalized spacial score (nSPS) is 42.8. The Balaban J connectivity index is 1.69. The molecule has 3 nitrogen and oxygen atoms in total. The van der Waals surface area contributed by atoms with Crippen molar-refractivity contribution in [2.75, 3.05) is 20.2 Å². The molecular weight excluding hydrogens is 250 g/mol. The van der Waals surface area contributed by atoms with E-state index in [1.807, 2.05) is 0 Å². The highest BCUT2D eigenvalue weighted by atomic mass is 16.5. The molecule has 3 unspecified atom stereocenters. The van der Waals surface area contributed by atoms with Crippen LogP contribution in [-0.4, -0.2) is 47.4 Å². The van der Waals surface area contributed by atoms with Crippen molar-refractivity contribution in [2.45, 2.75) is 82.0 Å². The average Bonchev–Trinajstić information content (AvgIpc) is 2.44. The van der Waals surface area contributed by atoms with E-state index in [4.69, 9.17) is 4.74 Å². The average molecular weight is 281 g/mol. The summed E-state index contributed by atoms with van der Waals surface area (Å²) < 4.78 is 6.20. The number of hydrogen-bond acceptors (Lipinski definition) is 3. The summed E-state index contributed by atoms with van der Waals surface area (Å²) in [6, 6.07) is 0.499. The number of nitrogens with zero attached hydrogens (tertiary/aromatic N) is 1. The number of hydrogen-bond donors (Lipinski definition) is 1. The molecule has 2 aliphatic heterocycles. The van der Waals surface area contributed by atoms with Crippen LogP contribution in [0.1, 0.15) is 64.7 Å². The Morgan fingerprint density at radius 1 is 1.10 bits per heavy atom. The summed E-state index contributed by atoms with van der Waals surface area (Å²) in [7, 11) is 2.18. The van der Waals surface area contributed by atoms with Crippen molar-refractivity contribution in [1.29, 1.82) is 0 Å². The first-order chi connectivity index (χ1) is 9.53. The van der Waals surface area contributed by atoms with Crippen molar-refractivity contribution >= 4 is 0 Å². The zero-order chi connectivity index (χ0) is 14.2. The smallest absolute Gasteiger partial charge is 0.0704 e. The second kappa shape index (κ2) is 5.58. The maximum absolute atomic E-state index is 11.2. The van der Waals surface area contributed by atoms with Crippen LogP contribution < -0.4 is 0 Å². The fourth-order valence-corrected chi connectivity index (χ4v) is 4.76. The van der Waals surface area contributed by atoms with Gasteiger partial charge in [-0.3, -0.25) is 0 Å². The monoisotopic (exact) mass is 281 g/mol. The van der Waals surface area contributed by atoms with Crippen LogP contribution in [0.25, 0.3) is 0 Å². The third-order valence-corrected chi connectivity index (χ3v) is 6.32. The molecule has 1 spiro atoms. The lowest BCUT2D eigenvalue weighted by atomic mass is 9.67. The highest BCUT2D eigenvalue weighted by Crippen LogP contribution is 2.46. The van der Waals surface area contributed by atoms with E-state index in [2.05, 4.69) is 18.9 Å². The van der Waals surface area contributed by atoms with Gasteiger partial charge in [0, 0.05) is 19.2 Å². The third-order valence-electron chi connectivity index (χ3n) is 6.32. The summed E-state index contributed by atoms with van der Waals surface area (Å²) in [6.45, 7) is 4.14. The molecule has 0 bridgehead atoms. The first-order valence-corrected chi connectivity index (χ1v) is 8.60. The molecule has 1 N–H and O–H groups in total. The van der Waals surface area contributed by atoms with Crippen LogP contribution in [0.2, 0.25) is 0 Å². The quantitative estimate of drug-likeness (QED) is 0.802. The van der Waals surface area contributed by atoms with Gasteiger partial charge in [-0.15, -0.1) is 0 Å². The summed E-state index contributed by atoms with van der Waals surface area (Å²) in [5.74, 6) is 0.450. The van der Waals surface area contributed by atoms with Gasteiger partial charge in [-0.25, -0.2) is 0 Å². The lowest BCUT2D eigenvalue weighted by Crippen LogP contribution is -2.55. The first kappa shape index (κ1) is 14.8. The fourth-order valence-electron chi connectivity index (χ4n) is 4.76. The second-order valence-electron chi connectivity index (χ2n) is 7.67. The fraction of sp³-hybridized carbons (Fsp3) is 1.00. The van der Waals surface area contributed by atoms with E-state index in [9.17, 15) is 5.11 Å². The van der Waals surface area contributed by atoms with E-state index in [1.165, 1.54) is 32.1 Å². The molecule has 3 aliphatic rings. The van der Waals surface area contributed by atoms with Crippen LogP contribution in [0.3, 0.4) is 0 Å². The number of piperidine rings is 1. The molecule has 1 saturated carbocycles. The summed E-state index contributed by atoms with van der Waals surface area (Å²) in [5.41, 5.74) is -0.330. The van der Waals surface area contributed by atoms with E-state index < -0.39 is 5.60 Å². The molecule has 3 fully saturated rings. The van der Waals surface area contributed by atoms with Gasteiger partial charge in [-0.05, 0) is 58.4 Å². The van der Waals surface area contributed by atoms with Crippen LogP contribution >= 0.6 is 0 Å². The highest BCUT2D eigenvalue weighted by Gasteiger charge is 2.48. The molecule has 116 valence electrons. The Labute approximate surface area is 123 Å². The van der Waals surface area contributed by atoms with Gasteiger partial charge < -0.3 is 14.7 Å². The first-order valence-electron chi connectivity index (χ1n) is 8.60. The van der Waals surface area contributed by atoms with Gasteiger partial charge in [0.15, 0.2) is 0 Å². The van der Waals surface area contributed by atoms with E-state index in [-0.39, 0.29) is 5.60 Å². The molecule has 0 aromatic rings. The van der Waals surface area contributed by atoms with E-state index in [1.54, 1.807) is 0 Å². The zero-order valence-electron chi connectivity index (χ0n) is 13.2. The van der Waals surface area contributed by atoms with Crippen molar-refractivity contribution < 1.29 is 9.84 Å². The van der Waals surface area contributed by atoms with E-state index in [0.717, 1.165) is 38.8 Å². The van der Waals surface area contributed by atoms with Gasteiger partial charge in [0.1, 0.15) is 0 Å². The Morgan fingerprint density at radius 2 is 1.85 bits per heavy atom. The molecule has 0 radical (unpaired) electrons. The van der Waals surface area contributed by atoms with E-state index in [0.29, 0.717) is 12.0 Å². The highest BCUT2D eigenvalue weighted by molar-refractivity contribution is 5.00. The lowest BCUT2D eigenvalue weighted by Gasteiger charge is -2.51. The van der Waals surface area contributed by atoms with Crippen molar-refractivity contribution in [1.82, 2.24) is 4.90 Å². The van der Waals surface area contributed by atoms with Crippen LogP contribution in [0.4, 0.5) is 0 Å². The molecular formula is C17H31NO2. The molecule has 2 heterocycles. The minimum absolute atomic E-state index is 0.115. The second-order valence-corrected chi connectivity index (χ2v) is 7.67. The molecule has 0 amide bonds. The van der Waals surface area contributed by atoms with Gasteiger partial charge in [0.2, 0.25) is 0 Å². The SMILES string of the molecule is CC1CC(O)(C2CCOC3(CCCCC3)C2)CCN1C. The van der Waals surface area contributed by atoms with Gasteiger partial charge in [-0.2, -0.15) is 0 Å². The van der Waals surface area contributed by atoms with Crippen LogP contribution in [0.15, 0.2) is 0 Å². The third kappa shape index (κ3) is 2.77. The Bertz CT molecular complexity index is 334. The molecule has 0 aromatic heterocycles. The zero-order valence-corrected chi connectivity index (χ0v) is 13.2. The van der Waals surface area contributed by atoms with Crippen molar-refractivity contribution in [3.05, 3.63) is 0 Å². The Morgan fingerprint density at radius 3 is 2.55 bits per heavy atom. The molecule has 0 aromatic carbocycles. The topological polar surface area (TPSA) is 32.7 Å². The summed E-state index contributed by atoms with van der Waals surface area (Å²) in [4.78, 5) is 2.38. The minimum atomic E-state index is -0.444. The summed E-state index contributed by atoms with van der Waals surface area (Å²) in [5, 5.41) is 11.2. The van der Waals surface area contributed by atoms with Crippen molar-refractivity contribution in [3.63, 3.8) is 0 Å². The predicted molar refractivity (Wildman–Crippen MR) is 80.8 cm³/mol. The number of rotatable bonds is 1. The maximum Gasteiger partial charge on any atom is 0.0704 e.